The molecule has 1 N–H and O–H groups in total. The Morgan fingerprint density at radius 3 is 2.71 bits per heavy atom. The van der Waals surface area contributed by atoms with Crippen molar-refractivity contribution in [1.29, 1.82) is 0 Å². The van der Waals surface area contributed by atoms with E-state index in [-0.39, 0.29) is 6.42 Å². The highest BCUT2D eigenvalue weighted by Crippen LogP contribution is 2.21. The van der Waals surface area contributed by atoms with Gasteiger partial charge in [-0.2, -0.15) is 13.2 Å². The van der Waals surface area contributed by atoms with Gasteiger partial charge in [-0.25, -0.2) is 0 Å². The van der Waals surface area contributed by atoms with Gasteiger partial charge in [0.15, 0.2) is 0 Å². The minimum absolute atomic E-state index is 0.216. The van der Waals surface area contributed by atoms with Gasteiger partial charge >= 0.3 is 6.18 Å². The molecule has 0 spiro atoms. The Morgan fingerprint density at radius 2 is 2.14 bits per heavy atom. The van der Waals surface area contributed by atoms with Gasteiger partial charge in [0, 0.05) is 32.1 Å². The number of hydrogen-bond acceptors (Lipinski definition) is 2. The van der Waals surface area contributed by atoms with Gasteiger partial charge in [0.2, 0.25) is 0 Å². The Morgan fingerprint density at radius 1 is 1.43 bits per heavy atom. The van der Waals surface area contributed by atoms with Crippen molar-refractivity contribution in [3.05, 3.63) is 0 Å². The summed E-state index contributed by atoms with van der Waals surface area (Å²) in [4.78, 5) is 2.11. The Labute approximate surface area is 82.5 Å². The smallest absolute Gasteiger partial charge is 0.314 e. The van der Waals surface area contributed by atoms with Crippen LogP contribution in [0.15, 0.2) is 0 Å². The Hall–Kier alpha value is -0.290. The molecular weight excluding hydrogens is 193 g/mol. The molecule has 2 nitrogen and oxygen atoms in total. The molecule has 84 valence electrons. The van der Waals surface area contributed by atoms with E-state index in [0.717, 1.165) is 19.6 Å². The van der Waals surface area contributed by atoms with Crippen molar-refractivity contribution in [1.82, 2.24) is 10.2 Å². The van der Waals surface area contributed by atoms with Crippen molar-refractivity contribution in [3.63, 3.8) is 0 Å². The zero-order chi connectivity index (χ0) is 10.6. The van der Waals surface area contributed by atoms with Crippen LogP contribution in [0.4, 0.5) is 13.2 Å². The molecule has 0 aromatic rings. The Balaban J connectivity index is 2.17. The van der Waals surface area contributed by atoms with Crippen molar-refractivity contribution < 1.29 is 13.2 Å². The van der Waals surface area contributed by atoms with Crippen molar-refractivity contribution in [2.75, 3.05) is 26.2 Å². The largest absolute Gasteiger partial charge is 0.389 e. The number of piperazine rings is 1. The first kappa shape index (κ1) is 11.8. The third kappa shape index (κ3) is 4.28. The lowest BCUT2D eigenvalue weighted by molar-refractivity contribution is -0.136. The van der Waals surface area contributed by atoms with Crippen molar-refractivity contribution in [2.24, 2.45) is 0 Å². The average molecular weight is 210 g/mol. The fourth-order valence-electron chi connectivity index (χ4n) is 1.70. The average Bonchev–Trinajstić information content (AvgIpc) is 2.06. The number of hydrogen-bond donors (Lipinski definition) is 1. The third-order valence-electron chi connectivity index (χ3n) is 2.54. The molecule has 0 saturated carbocycles. The highest BCUT2D eigenvalue weighted by Gasteiger charge is 2.27. The molecule has 0 radical (unpaired) electrons. The molecular formula is C9H17F3N2. The van der Waals surface area contributed by atoms with Crippen LogP contribution in [-0.4, -0.2) is 43.3 Å². The van der Waals surface area contributed by atoms with E-state index in [1.54, 1.807) is 0 Å². The zero-order valence-electron chi connectivity index (χ0n) is 8.40. The zero-order valence-corrected chi connectivity index (χ0v) is 8.40. The molecule has 1 fully saturated rings. The Bertz CT molecular complexity index is 170. The Kier molecular flexibility index (Phi) is 4.19. The molecule has 1 saturated heterocycles. The van der Waals surface area contributed by atoms with Gasteiger partial charge in [0.05, 0.1) is 0 Å². The standard InChI is InChI=1S/C9H17F3N2/c1-8-7-13-4-6-14(8)5-2-3-9(10,11)12/h8,13H,2-7H2,1H3/t8-/m1/s1. The van der Waals surface area contributed by atoms with Gasteiger partial charge in [-0.1, -0.05) is 0 Å². The van der Waals surface area contributed by atoms with Crippen LogP contribution in [0.1, 0.15) is 19.8 Å². The molecule has 14 heavy (non-hydrogen) atoms. The summed E-state index contributed by atoms with van der Waals surface area (Å²) in [6.07, 6.45) is -4.45. The summed E-state index contributed by atoms with van der Waals surface area (Å²) in [5.74, 6) is 0. The molecule has 0 aromatic carbocycles. The normalized spacial score (nSPS) is 25.3. The van der Waals surface area contributed by atoms with Crippen LogP contribution in [0.2, 0.25) is 0 Å². The second-order valence-corrected chi connectivity index (χ2v) is 3.81. The van der Waals surface area contributed by atoms with E-state index in [0.29, 0.717) is 12.6 Å². The third-order valence-corrected chi connectivity index (χ3v) is 2.54. The number of alkyl halides is 3. The number of rotatable bonds is 3. The van der Waals surface area contributed by atoms with Crippen LogP contribution in [0.25, 0.3) is 0 Å². The summed E-state index contributed by atoms with van der Waals surface area (Å²) in [5.41, 5.74) is 0. The molecule has 1 heterocycles. The summed E-state index contributed by atoms with van der Waals surface area (Å²) in [6, 6.07) is 0.358. The number of nitrogens with one attached hydrogen (secondary N) is 1. The van der Waals surface area contributed by atoms with E-state index in [4.69, 9.17) is 0 Å². The number of halogens is 3. The van der Waals surface area contributed by atoms with E-state index >= 15 is 0 Å². The highest BCUT2D eigenvalue weighted by molar-refractivity contribution is 4.75. The summed E-state index contributed by atoms with van der Waals surface area (Å²) in [5, 5.41) is 3.21. The minimum Gasteiger partial charge on any atom is -0.314 e. The molecule has 0 amide bonds. The second kappa shape index (κ2) is 4.98. The predicted octanol–water partition coefficient (Wildman–Crippen LogP) is 1.62. The highest BCUT2D eigenvalue weighted by atomic mass is 19.4. The maximum Gasteiger partial charge on any atom is 0.389 e. The predicted molar refractivity (Wildman–Crippen MR) is 49.2 cm³/mol. The number of nitrogens with zero attached hydrogens (tertiary/aromatic N) is 1. The maximum absolute atomic E-state index is 11.9. The quantitative estimate of drug-likeness (QED) is 0.761. The van der Waals surface area contributed by atoms with Crippen LogP contribution >= 0.6 is 0 Å². The van der Waals surface area contributed by atoms with Crippen molar-refractivity contribution in [3.8, 4) is 0 Å². The summed E-state index contributed by atoms with van der Waals surface area (Å²) in [6.45, 7) is 5.23. The molecule has 1 aliphatic heterocycles. The van der Waals surface area contributed by atoms with E-state index in [9.17, 15) is 13.2 Å². The second-order valence-electron chi connectivity index (χ2n) is 3.81. The fourth-order valence-corrected chi connectivity index (χ4v) is 1.70. The molecule has 0 aromatic heterocycles. The van der Waals surface area contributed by atoms with Crippen LogP contribution in [0.5, 0.6) is 0 Å². The molecule has 1 atom stereocenters. The first-order chi connectivity index (χ1) is 6.49. The van der Waals surface area contributed by atoms with E-state index in [2.05, 4.69) is 10.2 Å². The molecule has 0 bridgehead atoms. The topological polar surface area (TPSA) is 15.3 Å². The van der Waals surface area contributed by atoms with Crippen molar-refractivity contribution >= 4 is 0 Å². The summed E-state index contributed by atoms with van der Waals surface area (Å²) < 4.78 is 35.6. The van der Waals surface area contributed by atoms with Gasteiger partial charge in [0.25, 0.3) is 0 Å². The molecule has 0 aliphatic carbocycles. The first-order valence-electron chi connectivity index (χ1n) is 5.00. The maximum atomic E-state index is 11.9. The lowest BCUT2D eigenvalue weighted by atomic mass is 10.2. The van der Waals surface area contributed by atoms with Gasteiger partial charge in [0.1, 0.15) is 0 Å². The molecule has 1 aliphatic rings. The van der Waals surface area contributed by atoms with E-state index < -0.39 is 12.6 Å². The summed E-state index contributed by atoms with van der Waals surface area (Å²) in [7, 11) is 0. The van der Waals surface area contributed by atoms with Gasteiger partial charge in [-0.05, 0) is 19.9 Å². The van der Waals surface area contributed by atoms with Gasteiger partial charge in [-0.15, -0.1) is 0 Å². The SMILES string of the molecule is C[C@@H]1CNCCN1CCCC(F)(F)F. The summed E-state index contributed by atoms with van der Waals surface area (Å²) >= 11 is 0. The van der Waals surface area contributed by atoms with Crippen LogP contribution in [-0.2, 0) is 0 Å². The molecule has 1 rings (SSSR count). The van der Waals surface area contributed by atoms with Gasteiger partial charge < -0.3 is 5.32 Å². The molecule has 0 unspecified atom stereocenters. The van der Waals surface area contributed by atoms with Crippen LogP contribution < -0.4 is 5.32 Å². The minimum atomic E-state index is -4.00. The lowest BCUT2D eigenvalue weighted by Crippen LogP contribution is -2.50. The van der Waals surface area contributed by atoms with E-state index in [1.807, 2.05) is 6.92 Å². The fraction of sp³-hybridized carbons (Fsp3) is 1.00. The van der Waals surface area contributed by atoms with Crippen LogP contribution in [0.3, 0.4) is 0 Å². The van der Waals surface area contributed by atoms with Crippen LogP contribution in [0, 0.1) is 0 Å². The monoisotopic (exact) mass is 210 g/mol. The van der Waals surface area contributed by atoms with Gasteiger partial charge in [-0.3, -0.25) is 4.90 Å². The lowest BCUT2D eigenvalue weighted by Gasteiger charge is -2.33. The first-order valence-corrected chi connectivity index (χ1v) is 5.00. The van der Waals surface area contributed by atoms with E-state index in [1.165, 1.54) is 0 Å². The molecule has 5 heteroatoms. The van der Waals surface area contributed by atoms with Crippen molar-refractivity contribution in [2.45, 2.75) is 32.0 Å².